The van der Waals surface area contributed by atoms with E-state index in [4.69, 9.17) is 4.74 Å². The van der Waals surface area contributed by atoms with Crippen LogP contribution in [0.25, 0.3) is 10.9 Å². The second kappa shape index (κ2) is 13.3. The highest BCUT2D eigenvalue weighted by molar-refractivity contribution is 7.92. The van der Waals surface area contributed by atoms with Crippen LogP contribution in [0.3, 0.4) is 0 Å². The number of nitrogens with zero attached hydrogens (tertiary/aromatic N) is 2. The van der Waals surface area contributed by atoms with E-state index in [1.165, 1.54) is 5.56 Å². The molecule has 0 unspecified atom stereocenters. The van der Waals surface area contributed by atoms with Crippen LogP contribution in [0.15, 0.2) is 79.0 Å². The van der Waals surface area contributed by atoms with Gasteiger partial charge in [0.2, 0.25) is 10.0 Å². The first-order valence-electron chi connectivity index (χ1n) is 14.5. The largest absolute Gasteiger partial charge is 0.457 e. The Morgan fingerprint density at radius 3 is 2.31 bits per heavy atom. The van der Waals surface area contributed by atoms with Crippen LogP contribution in [0.4, 0.5) is 16.2 Å². The van der Waals surface area contributed by atoms with Crippen LogP contribution >= 0.6 is 0 Å². The van der Waals surface area contributed by atoms with Crippen LogP contribution in [0.1, 0.15) is 38.2 Å². The number of urea groups is 1. The molecule has 0 radical (unpaired) electrons. The first-order chi connectivity index (χ1) is 20.3. The number of sulfonamides is 1. The summed E-state index contributed by atoms with van der Waals surface area (Å²) >= 11 is 0. The molecule has 3 aromatic carbocycles. The number of unbranched alkanes of at least 4 members (excludes halogenated alkanes) is 1. The molecule has 42 heavy (non-hydrogen) atoms. The van der Waals surface area contributed by atoms with E-state index in [1.54, 1.807) is 24.3 Å². The van der Waals surface area contributed by atoms with Gasteiger partial charge in [-0.15, -0.1) is 0 Å². The Labute approximate surface area is 247 Å². The number of rotatable bonds is 11. The zero-order valence-corrected chi connectivity index (χ0v) is 25.0. The third kappa shape index (κ3) is 8.04. The molecular weight excluding hydrogens is 550 g/mol. The number of likely N-dealkylation sites (tertiary alicyclic amines) is 1. The van der Waals surface area contributed by atoms with E-state index < -0.39 is 10.0 Å². The number of ether oxygens (including phenoxy) is 1. The number of hydrogen-bond donors (Lipinski definition) is 3. The molecule has 0 saturated carbocycles. The van der Waals surface area contributed by atoms with Crippen LogP contribution in [-0.2, 0) is 16.6 Å². The molecule has 0 spiro atoms. The Bertz CT molecular complexity index is 1580. The summed E-state index contributed by atoms with van der Waals surface area (Å²) in [7, 11) is -3.31. The van der Waals surface area contributed by atoms with E-state index in [9.17, 15) is 13.2 Å². The van der Waals surface area contributed by atoms with E-state index in [2.05, 4.69) is 39.0 Å². The van der Waals surface area contributed by atoms with Crippen molar-refractivity contribution in [3.63, 3.8) is 0 Å². The average Bonchev–Trinajstić information content (AvgIpc) is 3.43. The van der Waals surface area contributed by atoms with Crippen molar-refractivity contribution in [1.82, 2.24) is 14.8 Å². The van der Waals surface area contributed by atoms with Gasteiger partial charge in [-0.25, -0.2) is 13.2 Å². The number of nitrogens with one attached hydrogen (secondary N) is 3. The Balaban J connectivity index is 1.12. The summed E-state index contributed by atoms with van der Waals surface area (Å²) in [6.45, 7) is 5.63. The van der Waals surface area contributed by atoms with Gasteiger partial charge in [0.05, 0.1) is 6.26 Å². The normalized spacial score (nSPS) is 14.5. The number of piperidine rings is 1. The van der Waals surface area contributed by atoms with E-state index in [1.807, 2.05) is 47.5 Å². The van der Waals surface area contributed by atoms with E-state index in [0.29, 0.717) is 11.4 Å². The average molecular weight is 590 g/mol. The molecule has 1 fully saturated rings. The predicted octanol–water partition coefficient (Wildman–Crippen LogP) is 6.63. The van der Waals surface area contributed by atoms with Crippen molar-refractivity contribution in [1.29, 1.82) is 0 Å². The lowest BCUT2D eigenvalue weighted by Crippen LogP contribution is -2.49. The van der Waals surface area contributed by atoms with Crippen LogP contribution in [0.2, 0.25) is 0 Å². The number of amides is 2. The van der Waals surface area contributed by atoms with Gasteiger partial charge in [-0.2, -0.15) is 0 Å². The van der Waals surface area contributed by atoms with Gasteiger partial charge in [0.25, 0.3) is 0 Å². The number of aromatic amines is 1. The molecule has 0 bridgehead atoms. The van der Waals surface area contributed by atoms with Gasteiger partial charge in [-0.05, 0) is 85.5 Å². The number of aromatic nitrogens is 1. The van der Waals surface area contributed by atoms with E-state index >= 15 is 0 Å². The van der Waals surface area contributed by atoms with Gasteiger partial charge in [0.15, 0.2) is 0 Å². The molecular formula is C32H39N5O4S. The standard InChI is InChI=1S/C32H39N5O4S/c1-3-4-19-37(32(38)34-27-9-14-31-25(22-27)15-18-33-31)28-16-20-36(21-17-28)23-24-5-10-29(11-6-24)41-30-12-7-26(8-13-30)35-42(2,39)40/h5-15,18,22,28,33,35H,3-4,16-17,19-21,23H2,1-2H3,(H,34,38). The van der Waals surface area contributed by atoms with E-state index in [0.717, 1.165) is 80.5 Å². The summed E-state index contributed by atoms with van der Waals surface area (Å²) in [5.41, 5.74) is 3.57. The summed E-state index contributed by atoms with van der Waals surface area (Å²) < 4.78 is 31.1. The lowest BCUT2D eigenvalue weighted by molar-refractivity contribution is 0.122. The summed E-state index contributed by atoms with van der Waals surface area (Å²) in [6, 6.07) is 23.0. The molecule has 0 atom stereocenters. The maximum atomic E-state index is 13.4. The molecule has 1 aromatic heterocycles. The quantitative estimate of drug-likeness (QED) is 0.182. The number of H-pyrrole nitrogens is 1. The molecule has 2 amide bonds. The predicted molar refractivity (Wildman–Crippen MR) is 169 cm³/mol. The highest BCUT2D eigenvalue weighted by Crippen LogP contribution is 2.26. The highest BCUT2D eigenvalue weighted by Gasteiger charge is 2.28. The van der Waals surface area contributed by atoms with Crippen molar-refractivity contribution in [3.8, 4) is 11.5 Å². The minimum Gasteiger partial charge on any atom is -0.457 e. The number of hydrogen-bond acceptors (Lipinski definition) is 5. The number of benzene rings is 3. The number of fused-ring (bicyclic) bond motifs is 1. The highest BCUT2D eigenvalue weighted by atomic mass is 32.2. The first-order valence-corrected chi connectivity index (χ1v) is 16.4. The second-order valence-electron chi connectivity index (χ2n) is 10.9. The Morgan fingerprint density at radius 1 is 0.976 bits per heavy atom. The first kappa shape index (κ1) is 29.5. The fraction of sp³-hybridized carbons (Fsp3) is 0.344. The molecule has 9 nitrogen and oxygen atoms in total. The zero-order valence-electron chi connectivity index (χ0n) is 24.2. The maximum Gasteiger partial charge on any atom is 0.322 e. The fourth-order valence-corrected chi connectivity index (χ4v) is 5.92. The number of carbonyl (C=O) groups excluding carboxylic acids is 1. The van der Waals surface area contributed by atoms with Crippen molar-refractivity contribution in [2.24, 2.45) is 0 Å². The van der Waals surface area contributed by atoms with Crippen LogP contribution in [-0.4, -0.2) is 61.2 Å². The number of anilines is 2. The molecule has 1 aliphatic rings. The molecule has 1 saturated heterocycles. The zero-order chi connectivity index (χ0) is 29.5. The second-order valence-corrected chi connectivity index (χ2v) is 12.7. The lowest BCUT2D eigenvalue weighted by Gasteiger charge is -2.38. The van der Waals surface area contributed by atoms with Crippen molar-refractivity contribution >= 4 is 38.3 Å². The molecule has 5 rings (SSSR count). The third-order valence-electron chi connectivity index (χ3n) is 7.54. The molecule has 222 valence electrons. The van der Waals surface area contributed by atoms with Gasteiger partial charge >= 0.3 is 6.03 Å². The summed E-state index contributed by atoms with van der Waals surface area (Å²) in [4.78, 5) is 21.0. The van der Waals surface area contributed by atoms with Gasteiger partial charge in [-0.1, -0.05) is 25.5 Å². The van der Waals surface area contributed by atoms with Gasteiger partial charge < -0.3 is 19.9 Å². The van der Waals surface area contributed by atoms with Gasteiger partial charge in [0.1, 0.15) is 11.5 Å². The van der Waals surface area contributed by atoms with Crippen LogP contribution in [0.5, 0.6) is 11.5 Å². The topological polar surface area (TPSA) is 107 Å². The molecule has 0 aliphatic carbocycles. The summed E-state index contributed by atoms with van der Waals surface area (Å²) in [5, 5.41) is 4.22. The summed E-state index contributed by atoms with van der Waals surface area (Å²) in [6.07, 6.45) is 6.95. The van der Waals surface area contributed by atoms with Crippen molar-refractivity contribution in [2.45, 2.75) is 45.2 Å². The maximum absolute atomic E-state index is 13.4. The lowest BCUT2D eigenvalue weighted by atomic mass is 10.0. The van der Waals surface area contributed by atoms with Crippen molar-refractivity contribution in [3.05, 3.63) is 84.6 Å². The van der Waals surface area contributed by atoms with Gasteiger partial charge in [0, 0.05) is 60.7 Å². The van der Waals surface area contributed by atoms with Crippen molar-refractivity contribution < 1.29 is 17.9 Å². The molecule has 4 aromatic rings. The molecule has 1 aliphatic heterocycles. The Morgan fingerprint density at radius 2 is 1.64 bits per heavy atom. The number of carbonyl (C=O) groups is 1. The smallest absolute Gasteiger partial charge is 0.322 e. The van der Waals surface area contributed by atoms with Crippen LogP contribution in [0, 0.1) is 0 Å². The molecule has 2 heterocycles. The molecule has 3 N–H and O–H groups in total. The molecule has 10 heteroatoms. The SMILES string of the molecule is CCCCN(C(=O)Nc1ccc2[nH]ccc2c1)C1CCN(Cc2ccc(Oc3ccc(NS(C)(=O)=O)cc3)cc2)CC1. The summed E-state index contributed by atoms with van der Waals surface area (Å²) in [5.74, 6) is 1.35. The third-order valence-corrected chi connectivity index (χ3v) is 8.15. The van der Waals surface area contributed by atoms with Crippen molar-refractivity contribution in [2.75, 3.05) is 35.9 Å². The van der Waals surface area contributed by atoms with Crippen LogP contribution < -0.4 is 14.8 Å². The fourth-order valence-electron chi connectivity index (χ4n) is 5.36. The van der Waals surface area contributed by atoms with E-state index in [-0.39, 0.29) is 12.1 Å². The van der Waals surface area contributed by atoms with Gasteiger partial charge in [-0.3, -0.25) is 9.62 Å². The minimum atomic E-state index is -3.31. The minimum absolute atomic E-state index is 0.0197. The monoisotopic (exact) mass is 589 g/mol. The Kier molecular flexibility index (Phi) is 9.34. The Hall–Kier alpha value is -4.02.